The summed E-state index contributed by atoms with van der Waals surface area (Å²) in [5, 5.41) is 11.2. The van der Waals surface area contributed by atoms with Gasteiger partial charge in [0, 0.05) is 12.6 Å². The maximum atomic E-state index is 12.6. The molecule has 3 aromatic rings. The van der Waals surface area contributed by atoms with E-state index in [2.05, 4.69) is 20.3 Å². The fraction of sp³-hybridized carbons (Fsp3) is 0.235. The van der Waals surface area contributed by atoms with Gasteiger partial charge in [0.1, 0.15) is 5.82 Å². The Morgan fingerprint density at radius 1 is 1.12 bits per heavy atom. The molecule has 3 rings (SSSR count). The maximum Gasteiger partial charge on any atom is 0.416 e. The molecule has 2 heterocycles. The fourth-order valence-corrected chi connectivity index (χ4v) is 2.34. The molecule has 0 aliphatic carbocycles. The van der Waals surface area contributed by atoms with Gasteiger partial charge in [-0.3, -0.25) is 5.10 Å². The highest BCUT2D eigenvalue weighted by molar-refractivity contribution is 5.66. The van der Waals surface area contributed by atoms with Crippen LogP contribution in [0.25, 0.3) is 12.2 Å². The largest absolute Gasteiger partial charge is 0.416 e. The number of rotatable bonds is 5. The van der Waals surface area contributed by atoms with E-state index in [1.165, 1.54) is 12.1 Å². The molecule has 0 saturated carbocycles. The summed E-state index contributed by atoms with van der Waals surface area (Å²) in [7, 11) is 0. The van der Waals surface area contributed by atoms with Crippen molar-refractivity contribution in [1.82, 2.24) is 25.0 Å². The molecule has 0 aliphatic heterocycles. The number of aryl methyl sites for hydroxylation is 1. The van der Waals surface area contributed by atoms with Crippen LogP contribution in [0.1, 0.15) is 35.4 Å². The molecule has 0 fully saturated rings. The van der Waals surface area contributed by atoms with Crippen molar-refractivity contribution in [3.8, 4) is 0 Å². The zero-order chi connectivity index (χ0) is 17.9. The maximum absolute atomic E-state index is 12.6. The first-order valence-corrected chi connectivity index (χ1v) is 7.73. The van der Waals surface area contributed by atoms with Gasteiger partial charge in [0.2, 0.25) is 0 Å². The van der Waals surface area contributed by atoms with Gasteiger partial charge in [0.15, 0.2) is 5.82 Å². The second-order valence-electron chi connectivity index (χ2n) is 5.43. The van der Waals surface area contributed by atoms with E-state index in [1.807, 2.05) is 13.0 Å². The molecule has 0 aliphatic rings. The molecule has 0 radical (unpaired) electrons. The average molecular weight is 347 g/mol. The van der Waals surface area contributed by atoms with Gasteiger partial charge in [0.25, 0.3) is 0 Å². The molecule has 0 saturated heterocycles. The van der Waals surface area contributed by atoms with E-state index in [0.717, 1.165) is 30.1 Å². The second-order valence-corrected chi connectivity index (χ2v) is 5.43. The summed E-state index contributed by atoms with van der Waals surface area (Å²) in [4.78, 5) is 4.43. The van der Waals surface area contributed by atoms with E-state index in [1.54, 1.807) is 23.0 Å². The lowest BCUT2D eigenvalue weighted by Gasteiger charge is -2.05. The standard InChI is InChI=1S/C17H16F3N5/c1-2-16-22-15(24-25(16)11-14-9-10-21-23-14)8-5-12-3-6-13(7-4-12)17(18,19)20/h3-10H,2,11H2,1H3,(H,21,23)/b8-5+. The number of H-pyrrole nitrogens is 1. The molecule has 2 aromatic heterocycles. The van der Waals surface area contributed by atoms with Crippen molar-refractivity contribution in [2.24, 2.45) is 0 Å². The Morgan fingerprint density at radius 2 is 1.88 bits per heavy atom. The molecule has 5 nitrogen and oxygen atoms in total. The number of nitrogens with zero attached hydrogens (tertiary/aromatic N) is 4. The van der Waals surface area contributed by atoms with E-state index in [-0.39, 0.29) is 0 Å². The summed E-state index contributed by atoms with van der Waals surface area (Å²) in [6.07, 6.45) is 1.44. The number of hydrogen-bond donors (Lipinski definition) is 1. The highest BCUT2D eigenvalue weighted by atomic mass is 19.4. The summed E-state index contributed by atoms with van der Waals surface area (Å²) in [6, 6.07) is 6.81. The number of benzene rings is 1. The molecule has 8 heteroatoms. The van der Waals surface area contributed by atoms with Crippen LogP contribution in [0.5, 0.6) is 0 Å². The molecule has 0 spiro atoms. The third-order valence-corrected chi connectivity index (χ3v) is 3.62. The van der Waals surface area contributed by atoms with Crippen LogP contribution < -0.4 is 0 Å². The first-order valence-electron chi connectivity index (χ1n) is 7.73. The number of halogens is 3. The van der Waals surface area contributed by atoms with Gasteiger partial charge in [-0.05, 0) is 29.8 Å². The molecule has 1 aromatic carbocycles. The normalized spacial score (nSPS) is 12.2. The van der Waals surface area contributed by atoms with Gasteiger partial charge >= 0.3 is 6.18 Å². The summed E-state index contributed by atoms with van der Waals surface area (Å²) < 4.78 is 39.5. The van der Waals surface area contributed by atoms with Crippen molar-refractivity contribution in [3.63, 3.8) is 0 Å². The molecule has 0 unspecified atom stereocenters. The van der Waals surface area contributed by atoms with Crippen LogP contribution in [-0.4, -0.2) is 25.0 Å². The Morgan fingerprint density at radius 3 is 2.48 bits per heavy atom. The average Bonchev–Trinajstić information content (AvgIpc) is 3.22. The molecule has 0 bridgehead atoms. The topological polar surface area (TPSA) is 59.4 Å². The molecule has 0 atom stereocenters. The summed E-state index contributed by atoms with van der Waals surface area (Å²) in [5.74, 6) is 1.33. The number of hydrogen-bond acceptors (Lipinski definition) is 3. The second kappa shape index (κ2) is 6.92. The van der Waals surface area contributed by atoms with Gasteiger partial charge in [-0.1, -0.05) is 25.1 Å². The summed E-state index contributed by atoms with van der Waals surface area (Å²) in [6.45, 7) is 2.51. The van der Waals surface area contributed by atoms with Crippen LogP contribution in [0.15, 0.2) is 36.5 Å². The van der Waals surface area contributed by atoms with Crippen LogP contribution in [0.4, 0.5) is 13.2 Å². The SMILES string of the molecule is CCc1nc(/C=C/c2ccc(C(F)(F)F)cc2)nn1Cc1ccn[nH]1. The molecular formula is C17H16F3N5. The van der Waals surface area contributed by atoms with Gasteiger partial charge < -0.3 is 0 Å². The zero-order valence-electron chi connectivity index (χ0n) is 13.5. The Hall–Kier alpha value is -2.90. The van der Waals surface area contributed by atoms with E-state index in [9.17, 15) is 13.2 Å². The van der Waals surface area contributed by atoms with E-state index >= 15 is 0 Å². The lowest BCUT2D eigenvalue weighted by Crippen LogP contribution is -2.06. The molecule has 130 valence electrons. The minimum atomic E-state index is -4.33. The molecule has 1 N–H and O–H groups in total. The van der Waals surface area contributed by atoms with Crippen molar-refractivity contribution in [1.29, 1.82) is 0 Å². The Bertz CT molecular complexity index is 846. The Balaban J connectivity index is 1.76. The molecule has 25 heavy (non-hydrogen) atoms. The van der Waals surface area contributed by atoms with Crippen molar-refractivity contribution in [2.75, 3.05) is 0 Å². The zero-order valence-corrected chi connectivity index (χ0v) is 13.5. The minimum Gasteiger partial charge on any atom is -0.281 e. The quantitative estimate of drug-likeness (QED) is 0.764. The number of aromatic amines is 1. The van der Waals surface area contributed by atoms with Gasteiger partial charge in [-0.15, -0.1) is 0 Å². The van der Waals surface area contributed by atoms with Crippen LogP contribution in [-0.2, 0) is 19.1 Å². The van der Waals surface area contributed by atoms with Gasteiger partial charge in [0.05, 0.1) is 17.8 Å². The van der Waals surface area contributed by atoms with Crippen LogP contribution in [0, 0.1) is 0 Å². The van der Waals surface area contributed by atoms with Gasteiger partial charge in [-0.2, -0.15) is 23.4 Å². The summed E-state index contributed by atoms with van der Waals surface area (Å²) >= 11 is 0. The smallest absolute Gasteiger partial charge is 0.281 e. The fourth-order valence-electron chi connectivity index (χ4n) is 2.34. The third kappa shape index (κ3) is 4.14. The van der Waals surface area contributed by atoms with Crippen LogP contribution >= 0.6 is 0 Å². The van der Waals surface area contributed by atoms with E-state index < -0.39 is 11.7 Å². The van der Waals surface area contributed by atoms with E-state index in [4.69, 9.17) is 0 Å². The van der Waals surface area contributed by atoms with Crippen LogP contribution in [0.3, 0.4) is 0 Å². The monoisotopic (exact) mass is 347 g/mol. The van der Waals surface area contributed by atoms with Crippen molar-refractivity contribution in [3.05, 3.63) is 65.0 Å². The lowest BCUT2D eigenvalue weighted by atomic mass is 10.1. The Labute approximate surface area is 142 Å². The number of alkyl halides is 3. The molecule has 0 amide bonds. The summed E-state index contributed by atoms with van der Waals surface area (Å²) in [5.41, 5.74) is 0.897. The minimum absolute atomic E-state index is 0.510. The highest BCUT2D eigenvalue weighted by Crippen LogP contribution is 2.29. The van der Waals surface area contributed by atoms with Crippen LogP contribution in [0.2, 0.25) is 0 Å². The highest BCUT2D eigenvalue weighted by Gasteiger charge is 2.29. The predicted molar refractivity (Wildman–Crippen MR) is 87.5 cm³/mol. The van der Waals surface area contributed by atoms with Crippen molar-refractivity contribution >= 4 is 12.2 Å². The first kappa shape index (κ1) is 16.9. The van der Waals surface area contributed by atoms with Crippen molar-refractivity contribution in [2.45, 2.75) is 26.1 Å². The van der Waals surface area contributed by atoms with E-state index in [0.29, 0.717) is 17.9 Å². The van der Waals surface area contributed by atoms with Crippen molar-refractivity contribution < 1.29 is 13.2 Å². The van der Waals surface area contributed by atoms with Gasteiger partial charge in [-0.25, -0.2) is 9.67 Å². The lowest BCUT2D eigenvalue weighted by molar-refractivity contribution is -0.137. The first-order chi connectivity index (χ1) is 12.0. The molecular weight excluding hydrogens is 331 g/mol. The number of aromatic nitrogens is 5. The third-order valence-electron chi connectivity index (χ3n) is 3.62. The Kier molecular flexibility index (Phi) is 4.69. The predicted octanol–water partition coefficient (Wildman–Crippen LogP) is 3.80. The number of nitrogens with one attached hydrogen (secondary N) is 1.